The van der Waals surface area contributed by atoms with Crippen LogP contribution in [0.5, 0.6) is 11.5 Å². The highest BCUT2D eigenvalue weighted by Gasteiger charge is 2.30. The van der Waals surface area contributed by atoms with Crippen molar-refractivity contribution >= 4 is 44.8 Å². The Bertz CT molecular complexity index is 1240. The number of nitrogens with zero attached hydrogens (tertiary/aromatic N) is 1. The predicted molar refractivity (Wildman–Crippen MR) is 129 cm³/mol. The summed E-state index contributed by atoms with van der Waals surface area (Å²) in [5, 5.41) is 3.06. The Morgan fingerprint density at radius 3 is 2.36 bits per heavy atom. The molecule has 0 aliphatic rings. The highest BCUT2D eigenvalue weighted by atomic mass is 35.5. The van der Waals surface area contributed by atoms with Crippen LogP contribution in [0.3, 0.4) is 0 Å². The molecule has 0 radical (unpaired) electrons. The molecule has 0 aromatic heterocycles. The Kier molecular flexibility index (Phi) is 8.20. The number of anilines is 1. The standard InChI is InChI=1S/C23H22Cl2N2O5S/c1-31-17-11-12-20(32-2)21(13-17)33(29,30)27(14-16-7-4-3-5-8-16)15-22(28)26-19-10-6-9-18(24)23(19)25/h3-13H,14-15H2,1-2H3,(H,26,28). The lowest BCUT2D eigenvalue weighted by Gasteiger charge is -2.23. The molecule has 0 spiro atoms. The monoisotopic (exact) mass is 508 g/mol. The Morgan fingerprint density at radius 2 is 1.70 bits per heavy atom. The zero-order valence-electron chi connectivity index (χ0n) is 17.9. The molecule has 3 aromatic carbocycles. The minimum atomic E-state index is -4.17. The molecule has 0 atom stereocenters. The van der Waals surface area contributed by atoms with E-state index in [1.807, 2.05) is 6.07 Å². The van der Waals surface area contributed by atoms with Crippen LogP contribution in [0.2, 0.25) is 10.0 Å². The first-order chi connectivity index (χ1) is 15.8. The van der Waals surface area contributed by atoms with Crippen LogP contribution in [0.25, 0.3) is 0 Å². The van der Waals surface area contributed by atoms with Gasteiger partial charge in [0.2, 0.25) is 15.9 Å². The van der Waals surface area contributed by atoms with Gasteiger partial charge in [0.15, 0.2) is 0 Å². The number of carbonyl (C=O) groups is 1. The third-order valence-electron chi connectivity index (χ3n) is 4.74. The summed E-state index contributed by atoms with van der Waals surface area (Å²) in [5.74, 6) is -0.114. The van der Waals surface area contributed by atoms with E-state index in [1.54, 1.807) is 48.5 Å². The van der Waals surface area contributed by atoms with Gasteiger partial charge in [-0.1, -0.05) is 59.6 Å². The lowest BCUT2D eigenvalue weighted by Crippen LogP contribution is -2.37. The first kappa shape index (κ1) is 24.9. The van der Waals surface area contributed by atoms with Crippen molar-refractivity contribution in [2.45, 2.75) is 11.4 Å². The normalized spacial score (nSPS) is 11.3. The van der Waals surface area contributed by atoms with Crippen molar-refractivity contribution in [3.63, 3.8) is 0 Å². The van der Waals surface area contributed by atoms with Crippen LogP contribution in [0, 0.1) is 0 Å². The third-order valence-corrected chi connectivity index (χ3v) is 7.37. The Morgan fingerprint density at radius 1 is 0.970 bits per heavy atom. The quantitative estimate of drug-likeness (QED) is 0.446. The summed E-state index contributed by atoms with van der Waals surface area (Å²) in [6.07, 6.45) is 0. The molecule has 10 heteroatoms. The van der Waals surface area contributed by atoms with E-state index in [0.717, 1.165) is 4.31 Å². The largest absolute Gasteiger partial charge is 0.497 e. The topological polar surface area (TPSA) is 84.9 Å². The summed E-state index contributed by atoms with van der Waals surface area (Å²) in [5.41, 5.74) is 0.988. The van der Waals surface area contributed by atoms with E-state index in [-0.39, 0.29) is 32.9 Å². The zero-order chi connectivity index (χ0) is 24.0. The fourth-order valence-corrected chi connectivity index (χ4v) is 4.99. The van der Waals surface area contributed by atoms with Gasteiger partial charge in [0, 0.05) is 12.6 Å². The van der Waals surface area contributed by atoms with Crippen molar-refractivity contribution in [2.75, 3.05) is 26.1 Å². The second kappa shape index (κ2) is 10.9. The van der Waals surface area contributed by atoms with Crippen molar-refractivity contribution < 1.29 is 22.7 Å². The van der Waals surface area contributed by atoms with Crippen LogP contribution in [0.4, 0.5) is 5.69 Å². The summed E-state index contributed by atoms with van der Waals surface area (Å²) in [6, 6.07) is 18.2. The lowest BCUT2D eigenvalue weighted by atomic mass is 10.2. The Labute approximate surface area is 202 Å². The highest BCUT2D eigenvalue weighted by Crippen LogP contribution is 2.32. The number of ether oxygens (including phenoxy) is 2. The maximum absolute atomic E-state index is 13.7. The Balaban J connectivity index is 1.97. The van der Waals surface area contributed by atoms with Gasteiger partial charge in [0.25, 0.3) is 0 Å². The molecule has 1 N–H and O–H groups in total. The summed E-state index contributed by atoms with van der Waals surface area (Å²) < 4.78 is 38.8. The van der Waals surface area contributed by atoms with E-state index in [9.17, 15) is 13.2 Å². The average Bonchev–Trinajstić information content (AvgIpc) is 2.81. The van der Waals surface area contributed by atoms with E-state index < -0.39 is 22.5 Å². The van der Waals surface area contributed by atoms with Crippen LogP contribution in [-0.4, -0.2) is 39.4 Å². The van der Waals surface area contributed by atoms with Gasteiger partial charge < -0.3 is 14.8 Å². The van der Waals surface area contributed by atoms with Gasteiger partial charge in [0.05, 0.1) is 36.5 Å². The van der Waals surface area contributed by atoms with Crippen LogP contribution in [-0.2, 0) is 21.4 Å². The molecule has 0 aliphatic heterocycles. The molecular formula is C23H22Cl2N2O5S. The smallest absolute Gasteiger partial charge is 0.247 e. The fraction of sp³-hybridized carbons (Fsp3) is 0.174. The first-order valence-corrected chi connectivity index (χ1v) is 12.0. The van der Waals surface area contributed by atoms with Gasteiger partial charge in [-0.25, -0.2) is 8.42 Å². The number of hydrogen-bond donors (Lipinski definition) is 1. The van der Waals surface area contributed by atoms with Crippen LogP contribution < -0.4 is 14.8 Å². The van der Waals surface area contributed by atoms with E-state index in [0.29, 0.717) is 11.3 Å². The number of sulfonamides is 1. The number of rotatable bonds is 9. The zero-order valence-corrected chi connectivity index (χ0v) is 20.2. The van der Waals surface area contributed by atoms with Crippen molar-refractivity contribution in [1.29, 1.82) is 0 Å². The number of nitrogens with one attached hydrogen (secondary N) is 1. The number of carbonyl (C=O) groups excluding carboxylic acids is 1. The summed E-state index contributed by atoms with van der Waals surface area (Å²) in [7, 11) is -1.37. The van der Waals surface area contributed by atoms with Crippen molar-refractivity contribution in [2.24, 2.45) is 0 Å². The molecule has 1 amide bonds. The maximum atomic E-state index is 13.7. The van der Waals surface area contributed by atoms with Crippen molar-refractivity contribution in [1.82, 2.24) is 4.31 Å². The molecular weight excluding hydrogens is 487 g/mol. The van der Waals surface area contributed by atoms with Crippen molar-refractivity contribution in [3.05, 3.63) is 82.3 Å². The summed E-state index contributed by atoms with van der Waals surface area (Å²) >= 11 is 12.2. The molecule has 0 aliphatic carbocycles. The van der Waals surface area contributed by atoms with Gasteiger partial charge in [-0.05, 0) is 29.8 Å². The Hall–Kier alpha value is -2.78. The van der Waals surface area contributed by atoms with Crippen LogP contribution in [0.15, 0.2) is 71.6 Å². The molecule has 0 saturated carbocycles. The number of amides is 1. The molecule has 174 valence electrons. The summed E-state index contributed by atoms with van der Waals surface area (Å²) in [6.45, 7) is -0.513. The van der Waals surface area contributed by atoms with Gasteiger partial charge >= 0.3 is 0 Å². The maximum Gasteiger partial charge on any atom is 0.247 e. The van der Waals surface area contributed by atoms with E-state index >= 15 is 0 Å². The minimum Gasteiger partial charge on any atom is -0.497 e. The van der Waals surface area contributed by atoms with Gasteiger partial charge in [-0.3, -0.25) is 4.79 Å². The molecule has 3 rings (SSSR count). The molecule has 0 heterocycles. The van der Waals surface area contributed by atoms with E-state index in [1.165, 1.54) is 26.4 Å². The molecule has 0 saturated heterocycles. The predicted octanol–water partition coefficient (Wildman–Crippen LogP) is 4.84. The second-order valence-electron chi connectivity index (χ2n) is 6.93. The van der Waals surface area contributed by atoms with Gasteiger partial charge in [-0.2, -0.15) is 4.31 Å². The third kappa shape index (κ3) is 5.97. The summed E-state index contributed by atoms with van der Waals surface area (Å²) in [4.78, 5) is 12.7. The number of hydrogen-bond acceptors (Lipinski definition) is 5. The molecule has 0 unspecified atom stereocenters. The first-order valence-electron chi connectivity index (χ1n) is 9.76. The van der Waals surface area contributed by atoms with Crippen molar-refractivity contribution in [3.8, 4) is 11.5 Å². The average molecular weight is 509 g/mol. The van der Waals surface area contributed by atoms with Crippen LogP contribution in [0.1, 0.15) is 5.56 Å². The van der Waals surface area contributed by atoms with Gasteiger partial charge in [0.1, 0.15) is 16.4 Å². The molecule has 7 nitrogen and oxygen atoms in total. The lowest BCUT2D eigenvalue weighted by molar-refractivity contribution is -0.116. The number of halogens is 2. The fourth-order valence-electron chi connectivity index (χ4n) is 3.09. The SMILES string of the molecule is COc1ccc(OC)c(S(=O)(=O)N(CC(=O)Nc2cccc(Cl)c2Cl)Cc2ccccc2)c1. The van der Waals surface area contributed by atoms with Gasteiger partial charge in [-0.15, -0.1) is 0 Å². The molecule has 33 heavy (non-hydrogen) atoms. The second-order valence-corrected chi connectivity index (χ2v) is 9.62. The molecule has 0 bridgehead atoms. The number of benzene rings is 3. The molecule has 3 aromatic rings. The molecule has 0 fully saturated rings. The minimum absolute atomic E-state index is 0.0414. The van der Waals surface area contributed by atoms with E-state index in [4.69, 9.17) is 32.7 Å². The van der Waals surface area contributed by atoms with Crippen LogP contribution >= 0.6 is 23.2 Å². The van der Waals surface area contributed by atoms with E-state index in [2.05, 4.69) is 5.32 Å². The highest BCUT2D eigenvalue weighted by molar-refractivity contribution is 7.89. The number of methoxy groups -OCH3 is 2.